The Hall–Kier alpha value is -7.34. The minimum atomic E-state index is 0.801. The highest BCUT2D eigenvalue weighted by atomic mass is 32.1. The second-order valence-electron chi connectivity index (χ2n) is 14.6. The predicted octanol–water partition coefficient (Wildman–Crippen LogP) is 15.4. The Morgan fingerprint density at radius 1 is 0.404 bits per heavy atom. The lowest BCUT2D eigenvalue weighted by Crippen LogP contribution is -2.17. The fraction of sp³-hybridized carbons (Fsp3) is 0. The second-order valence-corrected chi connectivity index (χ2v) is 15.6. The number of rotatable bonds is 5. The number of aromatic nitrogens is 1. The summed E-state index contributed by atoms with van der Waals surface area (Å²) in [6, 6.07) is 71.9. The Bertz CT molecular complexity index is 3360. The summed E-state index contributed by atoms with van der Waals surface area (Å²) < 4.78 is 11.8. The Morgan fingerprint density at radius 2 is 1.09 bits per heavy atom. The van der Waals surface area contributed by atoms with E-state index in [2.05, 4.69) is 208 Å². The fourth-order valence-corrected chi connectivity index (χ4v) is 9.94. The summed E-state index contributed by atoms with van der Waals surface area (Å²) >= 11 is 1.84. The van der Waals surface area contributed by atoms with E-state index in [0.717, 1.165) is 51.3 Å². The summed E-state index contributed by atoms with van der Waals surface area (Å²) in [6.07, 6.45) is 0. The molecule has 0 radical (unpaired) electrons. The summed E-state index contributed by atoms with van der Waals surface area (Å²) in [5, 5.41) is 7.36. The number of hydrogen-bond donors (Lipinski definition) is 0. The molecule has 0 atom stereocenters. The summed E-state index contributed by atoms with van der Waals surface area (Å²) in [5.41, 5.74) is 9.79. The molecule has 0 fully saturated rings. The van der Waals surface area contributed by atoms with Crippen LogP contribution in [0.25, 0.3) is 58.4 Å². The van der Waals surface area contributed by atoms with E-state index in [0.29, 0.717) is 0 Å². The zero-order valence-electron chi connectivity index (χ0n) is 30.7. The average Bonchev–Trinajstić information content (AvgIpc) is 3.81. The van der Waals surface area contributed by atoms with Gasteiger partial charge < -0.3 is 19.1 Å². The van der Waals surface area contributed by atoms with Crippen molar-refractivity contribution in [2.45, 2.75) is 0 Å². The van der Waals surface area contributed by atoms with Crippen LogP contribution in [-0.4, -0.2) is 4.57 Å². The van der Waals surface area contributed by atoms with Gasteiger partial charge in [0.15, 0.2) is 11.5 Å². The first kappa shape index (κ1) is 32.0. The zero-order chi connectivity index (χ0) is 37.5. The number of hydrogen-bond acceptors (Lipinski definition) is 4. The van der Waals surface area contributed by atoms with E-state index >= 15 is 0 Å². The van der Waals surface area contributed by atoms with Crippen molar-refractivity contribution in [3.8, 4) is 17.2 Å². The first-order valence-electron chi connectivity index (χ1n) is 19.3. The van der Waals surface area contributed by atoms with Crippen LogP contribution in [0, 0.1) is 0 Å². The molecule has 5 heteroatoms. The van der Waals surface area contributed by atoms with Gasteiger partial charge in [0, 0.05) is 59.5 Å². The molecule has 57 heavy (non-hydrogen) atoms. The van der Waals surface area contributed by atoms with E-state index in [9.17, 15) is 0 Å². The molecule has 1 aliphatic heterocycles. The summed E-state index contributed by atoms with van der Waals surface area (Å²) in [7, 11) is 0. The minimum Gasteiger partial charge on any atom is -0.453 e. The third-order valence-corrected chi connectivity index (χ3v) is 12.5. The van der Waals surface area contributed by atoms with Gasteiger partial charge in [-0.3, -0.25) is 0 Å². The first-order valence-corrected chi connectivity index (χ1v) is 20.1. The van der Waals surface area contributed by atoms with E-state index in [1.54, 1.807) is 0 Å². The highest BCUT2D eigenvalue weighted by molar-refractivity contribution is 7.25. The highest BCUT2D eigenvalue weighted by Crippen LogP contribution is 2.53. The van der Waals surface area contributed by atoms with Crippen LogP contribution in [0.3, 0.4) is 0 Å². The summed E-state index contributed by atoms with van der Waals surface area (Å²) in [4.78, 5) is 4.72. The van der Waals surface area contributed by atoms with E-state index < -0.39 is 0 Å². The number of nitrogens with zero attached hydrogens (tertiary/aromatic N) is 3. The fourth-order valence-electron chi connectivity index (χ4n) is 8.80. The van der Waals surface area contributed by atoms with E-state index in [-0.39, 0.29) is 0 Å². The molecule has 0 aliphatic carbocycles. The van der Waals surface area contributed by atoms with Gasteiger partial charge in [-0.15, -0.1) is 11.3 Å². The normalized spacial score (nSPS) is 12.3. The lowest BCUT2D eigenvalue weighted by Gasteiger charge is -2.34. The molecular weight excluding hydrogens is 715 g/mol. The van der Waals surface area contributed by atoms with Crippen LogP contribution in [0.2, 0.25) is 0 Å². The molecule has 11 aromatic rings. The van der Waals surface area contributed by atoms with Gasteiger partial charge in [0.1, 0.15) is 0 Å². The minimum absolute atomic E-state index is 0.801. The maximum Gasteiger partial charge on any atom is 0.153 e. The van der Waals surface area contributed by atoms with Crippen molar-refractivity contribution in [2.24, 2.45) is 0 Å². The van der Waals surface area contributed by atoms with Crippen molar-refractivity contribution in [1.82, 2.24) is 4.57 Å². The average molecular weight is 748 g/mol. The standard InChI is InChI=1S/C52H33N3OS/c1-2-15-35(16-3-1)54-45-20-8-6-18-40(45)43-31-36(26-29-46(43)54)53(44-22-12-14-34-13-4-5-17-39(34)44)37-27-30-48-50(32-37)56-49-23-10-9-21-47(49)55(48)38-25-28-42-41-19-7-11-24-51(41)57-52(42)33-38/h1-33H. The van der Waals surface area contributed by atoms with Crippen LogP contribution in [0.1, 0.15) is 0 Å². The van der Waals surface area contributed by atoms with Gasteiger partial charge in [-0.05, 0) is 90.3 Å². The van der Waals surface area contributed by atoms with Gasteiger partial charge in [0.2, 0.25) is 0 Å². The SMILES string of the molecule is c1ccc(-n2c3ccccc3c3cc(N(c4ccc5c(c4)Oc4ccccc4N5c4ccc5c(c4)sc4ccccc45)c4cccc5ccccc45)ccc32)cc1. The molecule has 12 rings (SSSR count). The van der Waals surface area contributed by atoms with Crippen molar-refractivity contribution in [3.63, 3.8) is 0 Å². The molecular formula is C52H33N3OS. The molecule has 9 aromatic carbocycles. The quantitative estimate of drug-likeness (QED) is 0.175. The van der Waals surface area contributed by atoms with Gasteiger partial charge in [-0.25, -0.2) is 0 Å². The second kappa shape index (κ2) is 12.6. The highest BCUT2D eigenvalue weighted by Gasteiger charge is 2.28. The van der Waals surface area contributed by atoms with E-state index in [4.69, 9.17) is 4.74 Å². The number of para-hydroxylation sites is 4. The Morgan fingerprint density at radius 3 is 2.02 bits per heavy atom. The summed E-state index contributed by atoms with van der Waals surface area (Å²) in [5.74, 6) is 1.63. The molecule has 0 amide bonds. The van der Waals surface area contributed by atoms with Crippen LogP contribution in [0.4, 0.5) is 34.1 Å². The lowest BCUT2D eigenvalue weighted by molar-refractivity contribution is 0.477. The predicted molar refractivity (Wildman–Crippen MR) is 241 cm³/mol. The van der Waals surface area contributed by atoms with Crippen molar-refractivity contribution in [1.29, 1.82) is 0 Å². The Kier molecular flexibility index (Phi) is 7.06. The van der Waals surface area contributed by atoms with Crippen LogP contribution in [0.5, 0.6) is 11.5 Å². The van der Waals surface area contributed by atoms with Crippen LogP contribution < -0.4 is 14.5 Å². The molecule has 0 unspecified atom stereocenters. The van der Waals surface area contributed by atoms with Crippen LogP contribution in [-0.2, 0) is 0 Å². The van der Waals surface area contributed by atoms with Crippen molar-refractivity contribution >= 4 is 98.2 Å². The van der Waals surface area contributed by atoms with Crippen molar-refractivity contribution in [3.05, 3.63) is 200 Å². The third-order valence-electron chi connectivity index (χ3n) is 11.3. The molecule has 2 aromatic heterocycles. The Labute approximate surface area is 333 Å². The number of anilines is 6. The van der Waals surface area contributed by atoms with Gasteiger partial charge in [-0.1, -0.05) is 109 Å². The molecule has 3 heterocycles. The van der Waals surface area contributed by atoms with Crippen molar-refractivity contribution in [2.75, 3.05) is 9.80 Å². The van der Waals surface area contributed by atoms with E-state index in [1.807, 2.05) is 17.4 Å². The van der Waals surface area contributed by atoms with Gasteiger partial charge in [-0.2, -0.15) is 0 Å². The maximum atomic E-state index is 6.83. The monoisotopic (exact) mass is 747 g/mol. The van der Waals surface area contributed by atoms with Gasteiger partial charge in [0.05, 0.1) is 33.8 Å². The number of benzene rings is 9. The smallest absolute Gasteiger partial charge is 0.153 e. The molecule has 0 N–H and O–H groups in total. The Balaban J connectivity index is 1.06. The third kappa shape index (κ3) is 4.99. The van der Waals surface area contributed by atoms with Crippen molar-refractivity contribution < 1.29 is 4.74 Å². The zero-order valence-corrected chi connectivity index (χ0v) is 31.5. The van der Waals surface area contributed by atoms with Gasteiger partial charge in [0.25, 0.3) is 0 Å². The number of ether oxygens (including phenoxy) is 1. The van der Waals surface area contributed by atoms with Crippen LogP contribution in [0.15, 0.2) is 200 Å². The molecule has 0 saturated heterocycles. The van der Waals surface area contributed by atoms with E-state index in [1.165, 1.54) is 52.8 Å². The lowest BCUT2D eigenvalue weighted by atomic mass is 10.0. The molecule has 4 nitrogen and oxygen atoms in total. The number of thiophene rings is 1. The molecule has 0 bridgehead atoms. The molecule has 0 saturated carbocycles. The molecule has 268 valence electrons. The number of fused-ring (bicyclic) bond motifs is 9. The first-order chi connectivity index (χ1) is 28.3. The maximum absolute atomic E-state index is 6.83. The van der Waals surface area contributed by atoms with Crippen LogP contribution >= 0.6 is 11.3 Å². The van der Waals surface area contributed by atoms with Gasteiger partial charge >= 0.3 is 0 Å². The molecule has 0 spiro atoms. The largest absolute Gasteiger partial charge is 0.453 e. The topological polar surface area (TPSA) is 20.6 Å². The summed E-state index contributed by atoms with van der Waals surface area (Å²) in [6.45, 7) is 0. The molecule has 1 aliphatic rings.